The number of methoxy groups -OCH3 is 1. The molecule has 4 atom stereocenters. The van der Waals surface area contributed by atoms with Crippen LogP contribution in [0.3, 0.4) is 0 Å². The summed E-state index contributed by atoms with van der Waals surface area (Å²) in [4.78, 5) is 22.5. The van der Waals surface area contributed by atoms with Gasteiger partial charge >= 0.3 is 70.9 Å². The first-order valence-electron chi connectivity index (χ1n) is 24.3. The van der Waals surface area contributed by atoms with E-state index in [0.717, 1.165) is 0 Å². The minimum absolute atomic E-state index is 0.0374. The van der Waals surface area contributed by atoms with Gasteiger partial charge in [-0.15, -0.1) is 0 Å². The molecule has 32 heteroatoms. The Bertz CT molecular complexity index is 1260. The normalized spacial score (nSPS) is 15.9. The highest BCUT2D eigenvalue weighted by molar-refractivity contribution is 7.43. The fourth-order valence-corrected chi connectivity index (χ4v) is 10.2. The molecule has 1 fully saturated rings. The summed E-state index contributed by atoms with van der Waals surface area (Å²) in [6, 6.07) is -0.587. The third-order valence-electron chi connectivity index (χ3n) is 8.01. The molecule has 0 aromatic heterocycles. The molecule has 1 saturated heterocycles. The second-order valence-electron chi connectivity index (χ2n) is 14.2. The van der Waals surface area contributed by atoms with Crippen molar-refractivity contribution in [1.82, 2.24) is 0 Å². The molecule has 0 bridgehead atoms. The Morgan fingerprint density at radius 1 is 0.425 bits per heavy atom. The maximum Gasteiger partial charge on any atom is 0.510 e. The van der Waals surface area contributed by atoms with Crippen LogP contribution in [0.5, 0.6) is 0 Å². The Morgan fingerprint density at radius 2 is 0.699 bits per heavy atom. The van der Waals surface area contributed by atoms with E-state index in [0.29, 0.717) is 79.3 Å². The van der Waals surface area contributed by atoms with Gasteiger partial charge in [0.1, 0.15) is 19.2 Å². The fourth-order valence-electron chi connectivity index (χ4n) is 4.50. The SMILES string of the molecule is CCOP(OCC)OC(C)C(OP(OCC)OCC)B1OC(C)(C)C(C)(C)O1.CCOP(OCC)OCC(OC(=O)OC)OP(OCC)OCC.CCOP(OCC)OCC(OC(C)=O)OP(OCC)OCC. The molecule has 0 aromatic carbocycles. The van der Waals surface area contributed by atoms with E-state index in [2.05, 4.69) is 4.74 Å². The van der Waals surface area contributed by atoms with Gasteiger partial charge in [-0.1, -0.05) is 0 Å². The van der Waals surface area contributed by atoms with Crippen molar-refractivity contribution in [3.63, 3.8) is 0 Å². The molecule has 0 radical (unpaired) electrons. The van der Waals surface area contributed by atoms with Gasteiger partial charge in [-0.05, 0) is 118 Å². The van der Waals surface area contributed by atoms with Crippen LogP contribution < -0.4 is 0 Å². The third kappa shape index (κ3) is 36.5. The maximum absolute atomic E-state index is 11.3. The van der Waals surface area contributed by atoms with Gasteiger partial charge in [-0.25, -0.2) is 4.79 Å². The van der Waals surface area contributed by atoms with E-state index in [1.54, 1.807) is 13.8 Å². The summed E-state index contributed by atoms with van der Waals surface area (Å²) in [5.74, 6) is -0.492. The minimum atomic E-state index is -1.67. The summed E-state index contributed by atoms with van der Waals surface area (Å²) in [6.45, 7) is 38.5. The highest BCUT2D eigenvalue weighted by Gasteiger charge is 2.56. The zero-order valence-electron chi connectivity index (χ0n) is 46.7. The first-order chi connectivity index (χ1) is 34.8. The predicted molar refractivity (Wildman–Crippen MR) is 279 cm³/mol. The number of carbonyl (C=O) groups excluding carboxylic acids is 2. The van der Waals surface area contributed by atoms with Crippen LogP contribution in [0.15, 0.2) is 0 Å². The first-order valence-corrected chi connectivity index (χ1v) is 30.9. The van der Waals surface area contributed by atoms with Crippen LogP contribution in [0.2, 0.25) is 0 Å². The Kier molecular flexibility index (Phi) is 49.1. The van der Waals surface area contributed by atoms with Crippen molar-refractivity contribution >= 4 is 70.9 Å². The van der Waals surface area contributed by atoms with Gasteiger partial charge in [-0.2, -0.15) is 0 Å². The molecule has 4 unspecified atom stereocenters. The van der Waals surface area contributed by atoms with Gasteiger partial charge < -0.3 is 95.9 Å². The number of ether oxygens (including phenoxy) is 3. The number of rotatable bonds is 42. The molecule has 0 amide bonds. The van der Waals surface area contributed by atoms with Crippen molar-refractivity contribution in [1.29, 1.82) is 0 Å². The molecule has 1 rings (SSSR count). The lowest BCUT2D eigenvalue weighted by atomic mass is 9.78. The van der Waals surface area contributed by atoms with E-state index >= 15 is 0 Å². The fraction of sp³-hybridized carbons (Fsp3) is 0.951. The zero-order chi connectivity index (χ0) is 55.7. The number of esters is 1. The van der Waals surface area contributed by atoms with Crippen LogP contribution in [0.1, 0.15) is 125 Å². The predicted octanol–water partition coefficient (Wildman–Crippen LogP) is 12.2. The number of carbonyl (C=O) groups is 2. The van der Waals surface area contributed by atoms with Gasteiger partial charge in [0.25, 0.3) is 0 Å². The third-order valence-corrected chi connectivity index (χ3v) is 16.1. The molecule has 25 nitrogen and oxygen atoms in total. The monoisotopic (exact) mass is 1180 g/mol. The average Bonchev–Trinajstić information content (AvgIpc) is 3.54. The van der Waals surface area contributed by atoms with Crippen molar-refractivity contribution in [3.05, 3.63) is 0 Å². The van der Waals surface area contributed by atoms with E-state index < -0.39 is 107 Å². The van der Waals surface area contributed by atoms with Gasteiger partial charge in [0.15, 0.2) is 0 Å². The van der Waals surface area contributed by atoms with Crippen molar-refractivity contribution in [2.75, 3.05) is 99.6 Å². The zero-order valence-corrected chi connectivity index (χ0v) is 52.0. The highest BCUT2D eigenvalue weighted by Crippen LogP contribution is 2.49. The van der Waals surface area contributed by atoms with Crippen LogP contribution in [-0.4, -0.2) is 155 Å². The van der Waals surface area contributed by atoms with Crippen LogP contribution >= 0.6 is 51.6 Å². The van der Waals surface area contributed by atoms with Crippen LogP contribution in [-0.2, 0) is 110 Å². The van der Waals surface area contributed by atoms with Crippen LogP contribution in [0.25, 0.3) is 0 Å². The van der Waals surface area contributed by atoms with Crippen molar-refractivity contribution in [3.8, 4) is 0 Å². The number of hydrogen-bond donors (Lipinski definition) is 0. The Hall–Kier alpha value is 0.585. The molecule has 73 heavy (non-hydrogen) atoms. The summed E-state index contributed by atoms with van der Waals surface area (Å²) in [6.07, 6.45) is -3.37. The molecular weight excluding hydrogens is 1090 g/mol. The lowest BCUT2D eigenvalue weighted by molar-refractivity contribution is -0.166. The maximum atomic E-state index is 11.3. The molecule has 436 valence electrons. The Labute approximate surface area is 444 Å². The standard InChI is InChI=1S/C17H37BO8P2.C12H26O9P2.C12H26O8P2/c1-10-19-27(20-11-2)23-14(5)15(24-28(21-12-3)22-13-4)18-25-16(6,7)17(8,9)26-18;1-6-15-22(16-7-2)19-10-11(20-12(13)14-5)21-23(17-8-3)18-9-4;1-6-14-21(15-7-2)18-10-12(19-11(5)13)20-22(16-8-3)17-9-4/h14-15H,10-13H2,1-9H3;11H,6-10H2,1-5H3;12H,6-10H2,1-5H3. The molecule has 1 aliphatic heterocycles. The largest absolute Gasteiger partial charge is 0.510 e. The average molecular weight is 1180 g/mol. The van der Waals surface area contributed by atoms with Crippen LogP contribution in [0.4, 0.5) is 4.79 Å². The van der Waals surface area contributed by atoms with E-state index in [1.807, 2.05) is 104 Å². The molecule has 1 heterocycles. The van der Waals surface area contributed by atoms with E-state index in [1.165, 1.54) is 14.0 Å². The van der Waals surface area contributed by atoms with E-state index in [-0.39, 0.29) is 13.2 Å². The Balaban J connectivity index is 0. The highest BCUT2D eigenvalue weighted by atomic mass is 31.2. The molecule has 0 saturated carbocycles. The molecular formula is C41H89BO25P6. The van der Waals surface area contributed by atoms with Crippen molar-refractivity contribution < 1.29 is 115 Å². The van der Waals surface area contributed by atoms with Crippen molar-refractivity contribution in [2.24, 2.45) is 0 Å². The minimum Gasteiger partial charge on any atom is -0.438 e. The molecule has 1 aliphatic rings. The summed E-state index contributed by atoms with van der Waals surface area (Å²) >= 11 is 0. The lowest BCUT2D eigenvalue weighted by Crippen LogP contribution is -2.44. The van der Waals surface area contributed by atoms with Gasteiger partial charge in [0.05, 0.1) is 104 Å². The van der Waals surface area contributed by atoms with E-state index in [9.17, 15) is 9.59 Å². The van der Waals surface area contributed by atoms with Crippen LogP contribution in [0, 0.1) is 0 Å². The Morgan fingerprint density at radius 3 is 0.986 bits per heavy atom. The smallest absolute Gasteiger partial charge is 0.438 e. The second kappa shape index (κ2) is 47.4. The summed E-state index contributed by atoms with van der Waals surface area (Å²) in [5.41, 5.74) is -0.993. The van der Waals surface area contributed by atoms with Gasteiger partial charge in [-0.3, -0.25) is 13.8 Å². The molecule has 0 spiro atoms. The summed E-state index contributed by atoms with van der Waals surface area (Å²) in [7, 11) is -8.85. The molecule has 0 aromatic rings. The topological polar surface area (TPSA) is 246 Å². The van der Waals surface area contributed by atoms with Gasteiger partial charge in [0.2, 0.25) is 12.6 Å². The van der Waals surface area contributed by atoms with Gasteiger partial charge in [0, 0.05) is 6.92 Å². The molecule has 0 aliphatic carbocycles. The summed E-state index contributed by atoms with van der Waals surface area (Å²) in [5, 5.41) is 0. The summed E-state index contributed by atoms with van der Waals surface area (Å²) < 4.78 is 126. The lowest BCUT2D eigenvalue weighted by Gasteiger charge is -2.32. The molecule has 0 N–H and O–H groups in total. The van der Waals surface area contributed by atoms with E-state index in [4.69, 9.17) is 100 Å². The first kappa shape index (κ1) is 75.7. The van der Waals surface area contributed by atoms with Crippen molar-refractivity contribution in [2.45, 2.75) is 161 Å². The number of hydrogen-bond acceptors (Lipinski definition) is 25. The quantitative estimate of drug-likeness (QED) is 0.0238. The second-order valence-corrected chi connectivity index (χ2v) is 21.3.